The number of nitrogens with one attached hydrogen (secondary N) is 3. The molecule has 1 saturated carbocycles. The summed E-state index contributed by atoms with van der Waals surface area (Å²) >= 11 is 1.40. The Morgan fingerprint density at radius 1 is 1.11 bits per heavy atom. The number of carbonyl (C=O) groups is 2. The van der Waals surface area contributed by atoms with E-state index >= 15 is 0 Å². The van der Waals surface area contributed by atoms with Crippen molar-refractivity contribution in [1.29, 1.82) is 0 Å². The lowest BCUT2D eigenvalue weighted by molar-refractivity contribution is 0.103. The van der Waals surface area contributed by atoms with Gasteiger partial charge in [0.2, 0.25) is 0 Å². The van der Waals surface area contributed by atoms with E-state index in [1.165, 1.54) is 11.3 Å². The molecule has 28 heavy (non-hydrogen) atoms. The third-order valence-corrected chi connectivity index (χ3v) is 5.93. The number of anilines is 2. The van der Waals surface area contributed by atoms with Gasteiger partial charge in [-0.1, -0.05) is 6.07 Å². The van der Waals surface area contributed by atoms with Crippen molar-refractivity contribution in [2.75, 3.05) is 17.7 Å². The molecule has 0 atom stereocenters. The lowest BCUT2D eigenvalue weighted by Gasteiger charge is -2.08. The van der Waals surface area contributed by atoms with E-state index in [2.05, 4.69) is 20.9 Å². The van der Waals surface area contributed by atoms with Gasteiger partial charge < -0.3 is 16.0 Å². The van der Waals surface area contributed by atoms with Gasteiger partial charge in [0, 0.05) is 29.7 Å². The minimum absolute atomic E-state index is 0.190. The first-order valence-electron chi connectivity index (χ1n) is 9.14. The molecule has 3 amide bonds. The lowest BCUT2D eigenvalue weighted by atomic mass is 10.1. The number of thiophene rings is 1. The summed E-state index contributed by atoms with van der Waals surface area (Å²) in [7, 11) is 1.55. The van der Waals surface area contributed by atoms with Gasteiger partial charge >= 0.3 is 6.03 Å². The molecule has 3 aromatic rings. The fraction of sp³-hybridized carbons (Fsp3) is 0.300. The largest absolute Gasteiger partial charge is 0.341 e. The van der Waals surface area contributed by atoms with Crippen LogP contribution in [0.5, 0.6) is 0 Å². The van der Waals surface area contributed by atoms with E-state index in [1.54, 1.807) is 31.3 Å². The van der Waals surface area contributed by atoms with Crippen molar-refractivity contribution in [2.45, 2.75) is 32.6 Å². The first-order valence-corrected chi connectivity index (χ1v) is 9.95. The van der Waals surface area contributed by atoms with E-state index in [-0.39, 0.29) is 11.9 Å². The molecule has 1 aromatic carbocycles. The van der Waals surface area contributed by atoms with Crippen molar-refractivity contribution < 1.29 is 9.59 Å². The fourth-order valence-electron chi connectivity index (χ4n) is 3.16. The Labute approximate surface area is 166 Å². The van der Waals surface area contributed by atoms with Gasteiger partial charge in [-0.25, -0.2) is 14.8 Å². The van der Waals surface area contributed by atoms with Crippen LogP contribution < -0.4 is 16.0 Å². The summed E-state index contributed by atoms with van der Waals surface area (Å²) in [6, 6.07) is 6.71. The maximum Gasteiger partial charge on any atom is 0.318 e. The molecule has 2 aromatic heterocycles. The number of rotatable bonds is 4. The zero-order chi connectivity index (χ0) is 19.8. The van der Waals surface area contributed by atoms with Crippen LogP contribution in [0, 0.1) is 13.8 Å². The monoisotopic (exact) mass is 395 g/mol. The second-order valence-electron chi connectivity index (χ2n) is 6.92. The SMILES string of the molecule is CNC(=O)Nc1cccc(NC(=O)c2sc3nc(C4CC4)nc(C)c3c2C)c1. The maximum absolute atomic E-state index is 12.9. The first kappa shape index (κ1) is 18.4. The smallest absolute Gasteiger partial charge is 0.318 e. The molecule has 8 heteroatoms. The molecule has 4 rings (SSSR count). The summed E-state index contributed by atoms with van der Waals surface area (Å²) in [4.78, 5) is 35.2. The Bertz CT molecular complexity index is 1090. The van der Waals surface area contributed by atoms with Gasteiger partial charge in [-0.05, 0) is 50.5 Å². The van der Waals surface area contributed by atoms with Gasteiger partial charge in [0.15, 0.2) is 0 Å². The highest BCUT2D eigenvalue weighted by Crippen LogP contribution is 2.40. The summed E-state index contributed by atoms with van der Waals surface area (Å²) in [6.07, 6.45) is 2.28. The van der Waals surface area contributed by atoms with Gasteiger partial charge in [-0.3, -0.25) is 4.79 Å². The van der Waals surface area contributed by atoms with Crippen LogP contribution in [0.15, 0.2) is 24.3 Å². The van der Waals surface area contributed by atoms with Crippen LogP contribution in [-0.4, -0.2) is 29.0 Å². The molecule has 0 radical (unpaired) electrons. The highest BCUT2D eigenvalue weighted by molar-refractivity contribution is 7.20. The number of hydrogen-bond donors (Lipinski definition) is 3. The molecular formula is C20H21N5O2S. The van der Waals surface area contributed by atoms with Crippen molar-refractivity contribution in [3.63, 3.8) is 0 Å². The normalized spacial score (nSPS) is 13.4. The molecule has 144 valence electrons. The number of urea groups is 1. The van der Waals surface area contributed by atoms with Crippen molar-refractivity contribution in [1.82, 2.24) is 15.3 Å². The second-order valence-corrected chi connectivity index (χ2v) is 7.92. The van der Waals surface area contributed by atoms with E-state index < -0.39 is 0 Å². The van der Waals surface area contributed by atoms with Crippen LogP contribution in [0.4, 0.5) is 16.2 Å². The lowest BCUT2D eigenvalue weighted by Crippen LogP contribution is -2.24. The van der Waals surface area contributed by atoms with Gasteiger partial charge in [0.25, 0.3) is 5.91 Å². The first-order chi connectivity index (χ1) is 13.5. The number of benzene rings is 1. The zero-order valence-corrected chi connectivity index (χ0v) is 16.7. The molecule has 0 spiro atoms. The number of amides is 3. The average molecular weight is 395 g/mol. The Balaban J connectivity index is 1.61. The molecule has 2 heterocycles. The average Bonchev–Trinajstić information content (AvgIpc) is 3.45. The highest BCUT2D eigenvalue weighted by Gasteiger charge is 2.28. The fourth-order valence-corrected chi connectivity index (χ4v) is 4.29. The molecular weight excluding hydrogens is 374 g/mol. The number of carbonyl (C=O) groups excluding carboxylic acids is 2. The molecule has 0 bridgehead atoms. The molecule has 1 aliphatic rings. The molecule has 1 aliphatic carbocycles. The Hall–Kier alpha value is -3.00. The minimum atomic E-state index is -0.315. The van der Waals surface area contributed by atoms with E-state index in [4.69, 9.17) is 4.98 Å². The number of fused-ring (bicyclic) bond motifs is 1. The molecule has 1 fully saturated rings. The summed E-state index contributed by atoms with van der Waals surface area (Å²) in [5.41, 5.74) is 3.03. The summed E-state index contributed by atoms with van der Waals surface area (Å²) in [5, 5.41) is 9.07. The third kappa shape index (κ3) is 3.55. The number of nitrogens with zero attached hydrogens (tertiary/aromatic N) is 2. The number of aryl methyl sites for hydroxylation is 2. The van der Waals surface area contributed by atoms with Crippen LogP contribution >= 0.6 is 11.3 Å². The van der Waals surface area contributed by atoms with Crippen LogP contribution in [0.1, 0.15) is 45.5 Å². The minimum Gasteiger partial charge on any atom is -0.341 e. The Morgan fingerprint density at radius 2 is 1.82 bits per heavy atom. The zero-order valence-electron chi connectivity index (χ0n) is 15.9. The summed E-state index contributed by atoms with van der Waals surface area (Å²) in [5.74, 6) is 1.18. The van der Waals surface area contributed by atoms with Crippen LogP contribution in [0.2, 0.25) is 0 Å². The van der Waals surface area contributed by atoms with Gasteiger partial charge in [-0.2, -0.15) is 0 Å². The molecule has 7 nitrogen and oxygen atoms in total. The standard InChI is InChI=1S/C20H21N5O2S/c1-10-15-11(2)22-17(12-7-8-12)25-19(15)28-16(10)18(26)23-13-5-4-6-14(9-13)24-20(27)21-3/h4-6,9,12H,7-8H2,1-3H3,(H,23,26)(H2,21,24,27). The molecule has 0 saturated heterocycles. The number of hydrogen-bond acceptors (Lipinski definition) is 5. The van der Waals surface area contributed by atoms with E-state index in [1.807, 2.05) is 13.8 Å². The third-order valence-electron chi connectivity index (χ3n) is 4.74. The van der Waals surface area contributed by atoms with Crippen molar-refractivity contribution in [3.8, 4) is 0 Å². The predicted octanol–water partition coefficient (Wildman–Crippen LogP) is 4.19. The van der Waals surface area contributed by atoms with Crippen LogP contribution in [0.25, 0.3) is 10.2 Å². The molecule has 3 N–H and O–H groups in total. The summed E-state index contributed by atoms with van der Waals surface area (Å²) in [6.45, 7) is 3.91. The van der Waals surface area contributed by atoms with E-state index in [0.717, 1.165) is 40.1 Å². The van der Waals surface area contributed by atoms with Crippen molar-refractivity contribution >= 4 is 44.9 Å². The van der Waals surface area contributed by atoms with Gasteiger partial charge in [0.1, 0.15) is 10.7 Å². The number of aromatic nitrogens is 2. The van der Waals surface area contributed by atoms with Gasteiger partial charge in [-0.15, -0.1) is 11.3 Å². The maximum atomic E-state index is 12.9. The quantitative estimate of drug-likeness (QED) is 0.617. The van der Waals surface area contributed by atoms with Crippen molar-refractivity contribution in [3.05, 3.63) is 46.2 Å². The van der Waals surface area contributed by atoms with E-state index in [0.29, 0.717) is 22.2 Å². The van der Waals surface area contributed by atoms with Crippen molar-refractivity contribution in [2.24, 2.45) is 0 Å². The highest BCUT2D eigenvalue weighted by atomic mass is 32.1. The van der Waals surface area contributed by atoms with Crippen LogP contribution in [-0.2, 0) is 0 Å². The predicted molar refractivity (Wildman–Crippen MR) is 111 cm³/mol. The summed E-state index contributed by atoms with van der Waals surface area (Å²) < 4.78 is 0. The Morgan fingerprint density at radius 3 is 2.50 bits per heavy atom. The van der Waals surface area contributed by atoms with Crippen LogP contribution in [0.3, 0.4) is 0 Å². The topological polar surface area (TPSA) is 96.0 Å². The molecule has 0 unspecified atom stereocenters. The van der Waals surface area contributed by atoms with Gasteiger partial charge in [0.05, 0.1) is 10.6 Å². The Kier molecular flexibility index (Phi) is 4.72. The van der Waals surface area contributed by atoms with E-state index in [9.17, 15) is 9.59 Å². The molecule has 0 aliphatic heterocycles. The second kappa shape index (κ2) is 7.20.